The molecule has 6 heteroatoms. The Balaban J connectivity index is 1.58. The zero-order valence-electron chi connectivity index (χ0n) is 17.2. The van der Waals surface area contributed by atoms with Gasteiger partial charge in [-0.2, -0.15) is 0 Å². The molecule has 0 spiro atoms. The Labute approximate surface area is 172 Å². The van der Waals surface area contributed by atoms with Gasteiger partial charge < -0.3 is 15.1 Å². The third kappa shape index (κ3) is 4.25. The lowest BCUT2D eigenvalue weighted by atomic mass is 10.1. The topological polar surface area (TPSA) is 40.6 Å². The van der Waals surface area contributed by atoms with E-state index in [1.54, 1.807) is 12.4 Å². The van der Waals surface area contributed by atoms with Crippen LogP contribution >= 0.6 is 11.6 Å². The molecule has 1 N–H and O–H groups in total. The zero-order chi connectivity index (χ0) is 20.4. The van der Waals surface area contributed by atoms with Crippen LogP contribution in [0.5, 0.6) is 5.75 Å². The summed E-state index contributed by atoms with van der Waals surface area (Å²) in [5.41, 5.74) is 6.09. The number of rotatable bonds is 7. The molecule has 2 aliphatic rings. The van der Waals surface area contributed by atoms with E-state index in [0.29, 0.717) is 29.3 Å². The molecule has 5 nitrogen and oxygen atoms in total. The van der Waals surface area contributed by atoms with Crippen LogP contribution in [0.2, 0.25) is 5.02 Å². The molecule has 1 saturated carbocycles. The van der Waals surface area contributed by atoms with Crippen molar-refractivity contribution in [2.45, 2.75) is 19.4 Å². The van der Waals surface area contributed by atoms with Gasteiger partial charge in [0.1, 0.15) is 11.6 Å². The molecular formula is C22H25ClN4O. The molecule has 1 aromatic carbocycles. The number of nitrogens with one attached hydrogen (secondary N) is 1. The van der Waals surface area contributed by atoms with Crippen molar-refractivity contribution in [3.63, 3.8) is 0 Å². The maximum absolute atomic E-state index is 8.07. The number of nitrogens with zero attached hydrogens (tertiary/aromatic N) is 3. The van der Waals surface area contributed by atoms with Gasteiger partial charge >= 0.3 is 0 Å². The van der Waals surface area contributed by atoms with Crippen molar-refractivity contribution in [2.24, 2.45) is 5.92 Å². The standard InChI is InChI=1S/C22H25ClN4O/c1-26(2)22-18(5-3-11-24-22)14-27-20(6-4-12-25-27)17-9-10-21(19(23)13-17)28-15-16-7-8-16/h3-6,9-13,16,25H,7-8,14-15H2,1-2H3/i4D. The maximum atomic E-state index is 8.07. The first-order valence-corrected chi connectivity index (χ1v) is 9.85. The van der Waals surface area contributed by atoms with E-state index in [0.717, 1.165) is 29.2 Å². The summed E-state index contributed by atoms with van der Waals surface area (Å²) in [5, 5.41) is 2.58. The Hall–Kier alpha value is -2.66. The van der Waals surface area contributed by atoms with Gasteiger partial charge in [0.25, 0.3) is 0 Å². The number of hydrogen-bond donors (Lipinski definition) is 1. The number of halogens is 1. The monoisotopic (exact) mass is 397 g/mol. The summed E-state index contributed by atoms with van der Waals surface area (Å²) in [6.07, 6.45) is 7.78. The Kier molecular flexibility index (Phi) is 5.07. The highest BCUT2D eigenvalue weighted by Gasteiger charge is 2.23. The number of aromatic nitrogens is 1. The second-order valence-electron chi connectivity index (χ2n) is 7.34. The van der Waals surface area contributed by atoms with Gasteiger partial charge in [0.15, 0.2) is 0 Å². The largest absolute Gasteiger partial charge is 0.492 e. The van der Waals surface area contributed by atoms with Gasteiger partial charge in [-0.15, -0.1) is 0 Å². The van der Waals surface area contributed by atoms with E-state index in [1.807, 2.05) is 54.3 Å². The van der Waals surface area contributed by atoms with Crippen molar-refractivity contribution in [3.8, 4) is 5.75 Å². The van der Waals surface area contributed by atoms with E-state index in [1.165, 1.54) is 12.8 Å². The van der Waals surface area contributed by atoms with Crippen LogP contribution in [-0.2, 0) is 6.54 Å². The maximum Gasteiger partial charge on any atom is 0.137 e. The van der Waals surface area contributed by atoms with E-state index in [-0.39, 0.29) is 0 Å². The predicted molar refractivity (Wildman–Crippen MR) is 114 cm³/mol. The Morgan fingerprint density at radius 3 is 2.96 bits per heavy atom. The first-order chi connectivity index (χ1) is 14.0. The summed E-state index contributed by atoms with van der Waals surface area (Å²) >= 11 is 6.49. The van der Waals surface area contributed by atoms with Gasteiger partial charge in [-0.05, 0) is 55.2 Å². The van der Waals surface area contributed by atoms with Crippen LogP contribution in [0, 0.1) is 5.92 Å². The molecule has 0 unspecified atom stereocenters. The molecule has 1 aliphatic heterocycles. The van der Waals surface area contributed by atoms with Gasteiger partial charge in [-0.25, -0.2) is 4.98 Å². The molecule has 2 aromatic rings. The first kappa shape index (κ1) is 17.4. The van der Waals surface area contributed by atoms with E-state index in [2.05, 4.69) is 16.5 Å². The SMILES string of the molecule is [2H]C1=CNN(Cc2cccnc2N(C)C)C(c2ccc(OCC3CC3)c(Cl)c2)=C1. The van der Waals surface area contributed by atoms with Crippen LogP contribution in [0.1, 0.15) is 25.3 Å². The quantitative estimate of drug-likeness (QED) is 0.746. The minimum Gasteiger partial charge on any atom is -0.492 e. The third-order valence-electron chi connectivity index (χ3n) is 4.83. The van der Waals surface area contributed by atoms with Gasteiger partial charge in [0.05, 0.1) is 25.2 Å². The van der Waals surface area contributed by atoms with Crippen molar-refractivity contribution in [1.82, 2.24) is 15.4 Å². The zero-order valence-corrected chi connectivity index (χ0v) is 16.9. The molecule has 28 heavy (non-hydrogen) atoms. The molecule has 0 bridgehead atoms. The van der Waals surface area contributed by atoms with Crippen molar-refractivity contribution in [2.75, 3.05) is 25.6 Å². The minimum atomic E-state index is 0.403. The molecule has 0 radical (unpaired) electrons. The van der Waals surface area contributed by atoms with E-state index in [4.69, 9.17) is 17.7 Å². The van der Waals surface area contributed by atoms with Crippen LogP contribution in [-0.4, -0.2) is 30.7 Å². The summed E-state index contributed by atoms with van der Waals surface area (Å²) in [4.78, 5) is 6.48. The van der Waals surface area contributed by atoms with E-state index < -0.39 is 0 Å². The number of benzene rings is 1. The van der Waals surface area contributed by atoms with E-state index >= 15 is 0 Å². The number of anilines is 1. The minimum absolute atomic E-state index is 0.403. The fraction of sp³-hybridized carbons (Fsp3) is 0.318. The third-order valence-corrected chi connectivity index (χ3v) is 5.13. The molecule has 0 amide bonds. The first-order valence-electron chi connectivity index (χ1n) is 9.97. The fourth-order valence-corrected chi connectivity index (χ4v) is 3.38. The van der Waals surface area contributed by atoms with Crippen molar-refractivity contribution in [3.05, 3.63) is 71.0 Å². The molecular weight excluding hydrogens is 372 g/mol. The average molecular weight is 398 g/mol. The molecule has 0 atom stereocenters. The summed E-state index contributed by atoms with van der Waals surface area (Å²) in [6.45, 7) is 1.32. The van der Waals surface area contributed by atoms with Gasteiger partial charge in [0.2, 0.25) is 0 Å². The van der Waals surface area contributed by atoms with Crippen molar-refractivity contribution in [1.29, 1.82) is 0 Å². The highest BCUT2D eigenvalue weighted by molar-refractivity contribution is 6.32. The lowest BCUT2D eigenvalue weighted by molar-refractivity contribution is 0.299. The second-order valence-corrected chi connectivity index (χ2v) is 7.74. The van der Waals surface area contributed by atoms with Gasteiger partial charge in [0, 0.05) is 37.6 Å². The number of hydrogen-bond acceptors (Lipinski definition) is 5. The second kappa shape index (κ2) is 8.15. The van der Waals surface area contributed by atoms with Crippen LogP contribution in [0.4, 0.5) is 5.82 Å². The van der Waals surface area contributed by atoms with Crippen LogP contribution < -0.4 is 15.1 Å². The molecule has 1 aromatic heterocycles. The lowest BCUT2D eigenvalue weighted by Crippen LogP contribution is -2.34. The molecule has 0 saturated heterocycles. The van der Waals surface area contributed by atoms with Crippen molar-refractivity contribution < 1.29 is 6.11 Å². The highest BCUT2D eigenvalue weighted by atomic mass is 35.5. The summed E-state index contributed by atoms with van der Waals surface area (Å²) in [5.74, 6) is 2.30. The smallest absolute Gasteiger partial charge is 0.137 e. The Bertz CT molecular complexity index is 956. The van der Waals surface area contributed by atoms with Gasteiger partial charge in [-0.1, -0.05) is 17.7 Å². The summed E-state index contributed by atoms with van der Waals surface area (Å²) < 4.78 is 13.9. The van der Waals surface area contributed by atoms with Crippen LogP contribution in [0.3, 0.4) is 0 Å². The number of allylic oxidation sites excluding steroid dienone is 2. The Morgan fingerprint density at radius 2 is 2.21 bits per heavy atom. The predicted octanol–water partition coefficient (Wildman–Crippen LogP) is 4.46. The fourth-order valence-electron chi connectivity index (χ4n) is 3.15. The number of ether oxygens (including phenoxy) is 1. The normalized spacial score (nSPS) is 16.7. The van der Waals surface area contributed by atoms with Crippen LogP contribution in [0.25, 0.3) is 5.70 Å². The van der Waals surface area contributed by atoms with E-state index in [9.17, 15) is 0 Å². The summed E-state index contributed by atoms with van der Waals surface area (Å²) in [6, 6.07) is 10.2. The lowest BCUT2D eigenvalue weighted by Gasteiger charge is -2.30. The van der Waals surface area contributed by atoms with Crippen LogP contribution in [0.15, 0.2) is 54.9 Å². The Morgan fingerprint density at radius 1 is 1.36 bits per heavy atom. The average Bonchev–Trinajstić information content (AvgIpc) is 3.53. The number of pyridine rings is 1. The number of hydrazine groups is 1. The molecule has 2 heterocycles. The molecule has 4 rings (SSSR count). The van der Waals surface area contributed by atoms with Gasteiger partial charge in [-0.3, -0.25) is 5.01 Å². The van der Waals surface area contributed by atoms with Crippen molar-refractivity contribution >= 4 is 23.1 Å². The molecule has 146 valence electrons. The highest BCUT2D eigenvalue weighted by Crippen LogP contribution is 2.34. The molecule has 1 aliphatic carbocycles. The molecule has 1 fully saturated rings. The summed E-state index contributed by atoms with van der Waals surface area (Å²) in [7, 11) is 3.96.